The van der Waals surface area contributed by atoms with E-state index >= 15 is 0 Å². The SMILES string of the molecule is [2H]C([2H])([2H])CC(=O)c1cnc(NC(=O)C2CC2)cc1Nc1nc(C)cc2c1N(C)[C@H](C)c1cccnc1-2. The van der Waals surface area contributed by atoms with Crippen molar-refractivity contribution in [3.63, 3.8) is 0 Å². The van der Waals surface area contributed by atoms with E-state index in [0.717, 1.165) is 41.0 Å². The molecule has 1 aliphatic heterocycles. The lowest BCUT2D eigenvalue weighted by atomic mass is 9.93. The van der Waals surface area contributed by atoms with Gasteiger partial charge in [0.1, 0.15) is 5.82 Å². The van der Waals surface area contributed by atoms with E-state index in [1.54, 1.807) is 12.3 Å². The molecule has 2 aliphatic rings. The van der Waals surface area contributed by atoms with Gasteiger partial charge in [-0.05, 0) is 38.8 Å². The van der Waals surface area contributed by atoms with E-state index in [-0.39, 0.29) is 29.2 Å². The van der Waals surface area contributed by atoms with Gasteiger partial charge in [0.05, 0.1) is 28.7 Å². The molecule has 1 amide bonds. The Morgan fingerprint density at radius 3 is 2.85 bits per heavy atom. The predicted octanol–water partition coefficient (Wildman–Crippen LogP) is 5.04. The lowest BCUT2D eigenvalue weighted by Gasteiger charge is -2.36. The molecular weight excluding hydrogens is 428 g/mol. The van der Waals surface area contributed by atoms with E-state index in [4.69, 9.17) is 9.10 Å². The molecule has 0 aromatic carbocycles. The zero-order valence-corrected chi connectivity index (χ0v) is 19.3. The molecule has 8 heteroatoms. The summed E-state index contributed by atoms with van der Waals surface area (Å²) in [7, 11) is 1.97. The highest BCUT2D eigenvalue weighted by atomic mass is 16.2. The molecular formula is C26H28N6O2. The number of fused-ring (bicyclic) bond motifs is 3. The highest BCUT2D eigenvalue weighted by Gasteiger charge is 2.31. The van der Waals surface area contributed by atoms with E-state index in [1.807, 2.05) is 26.1 Å². The van der Waals surface area contributed by atoms with Crippen LogP contribution in [0.15, 0.2) is 36.7 Å². The number of carbonyl (C=O) groups is 2. The van der Waals surface area contributed by atoms with Crippen LogP contribution in [0.2, 0.25) is 0 Å². The fraction of sp³-hybridized carbons (Fsp3) is 0.346. The molecule has 1 aliphatic carbocycles. The number of aromatic nitrogens is 3. The van der Waals surface area contributed by atoms with Gasteiger partial charge in [-0.3, -0.25) is 14.6 Å². The zero-order valence-electron chi connectivity index (χ0n) is 22.3. The summed E-state index contributed by atoms with van der Waals surface area (Å²) < 4.78 is 22.7. The molecule has 5 rings (SSSR count). The maximum atomic E-state index is 13.0. The Balaban J connectivity index is 1.60. The summed E-state index contributed by atoms with van der Waals surface area (Å²) in [6.45, 7) is 1.52. The van der Waals surface area contributed by atoms with E-state index < -0.39 is 19.1 Å². The molecule has 1 fully saturated rings. The highest BCUT2D eigenvalue weighted by molar-refractivity contribution is 6.03. The number of Topliss-reactive ketones (excluding diaryl/α,β-unsaturated/α-hetero) is 1. The average molecular weight is 460 g/mol. The first-order valence-corrected chi connectivity index (χ1v) is 11.3. The van der Waals surface area contributed by atoms with Gasteiger partial charge in [-0.1, -0.05) is 12.9 Å². The minimum Gasteiger partial charge on any atom is -0.364 e. The Morgan fingerprint density at radius 1 is 1.26 bits per heavy atom. The summed E-state index contributed by atoms with van der Waals surface area (Å²) in [5.41, 5.74) is 4.84. The topological polar surface area (TPSA) is 100 Å². The van der Waals surface area contributed by atoms with Crippen LogP contribution >= 0.6 is 0 Å². The second-order valence-electron chi connectivity index (χ2n) is 8.84. The van der Waals surface area contributed by atoms with Crippen molar-refractivity contribution in [3.8, 4) is 11.3 Å². The van der Waals surface area contributed by atoms with Gasteiger partial charge in [0, 0.05) is 58.8 Å². The van der Waals surface area contributed by atoms with Crippen LogP contribution in [-0.2, 0) is 4.79 Å². The number of ketones is 1. The first kappa shape index (κ1) is 18.6. The van der Waals surface area contributed by atoms with E-state index in [9.17, 15) is 9.59 Å². The number of rotatable bonds is 6. The van der Waals surface area contributed by atoms with Crippen molar-refractivity contribution < 1.29 is 13.7 Å². The van der Waals surface area contributed by atoms with E-state index in [2.05, 4.69) is 38.5 Å². The normalized spacial score (nSPS) is 18.1. The Bertz CT molecular complexity index is 1400. The number of pyridine rings is 3. The third-order valence-corrected chi connectivity index (χ3v) is 6.42. The molecule has 1 atom stereocenters. The average Bonchev–Trinajstić information content (AvgIpc) is 3.67. The van der Waals surface area contributed by atoms with Gasteiger partial charge in [-0.15, -0.1) is 0 Å². The second-order valence-corrected chi connectivity index (χ2v) is 8.84. The number of amides is 1. The Kier molecular flexibility index (Phi) is 4.66. The van der Waals surface area contributed by atoms with Crippen LogP contribution in [0.5, 0.6) is 0 Å². The second kappa shape index (κ2) is 8.52. The maximum absolute atomic E-state index is 13.0. The van der Waals surface area contributed by atoms with Gasteiger partial charge < -0.3 is 15.5 Å². The minimum absolute atomic E-state index is 0.0174. The first-order chi connectivity index (χ1) is 17.5. The molecule has 0 unspecified atom stereocenters. The van der Waals surface area contributed by atoms with Gasteiger partial charge >= 0.3 is 0 Å². The van der Waals surface area contributed by atoms with Crippen LogP contribution in [0, 0.1) is 12.8 Å². The van der Waals surface area contributed by atoms with Crippen molar-refractivity contribution in [2.24, 2.45) is 5.92 Å². The lowest BCUT2D eigenvalue weighted by Crippen LogP contribution is -2.28. The molecule has 3 aromatic rings. The van der Waals surface area contributed by atoms with Crippen LogP contribution in [0.25, 0.3) is 11.3 Å². The molecule has 0 bridgehead atoms. The van der Waals surface area contributed by atoms with Crippen molar-refractivity contribution in [1.82, 2.24) is 15.0 Å². The summed E-state index contributed by atoms with van der Waals surface area (Å²) in [5, 5.41) is 6.07. The molecule has 0 saturated heterocycles. The monoisotopic (exact) mass is 459 g/mol. The van der Waals surface area contributed by atoms with Crippen LogP contribution in [-0.4, -0.2) is 33.7 Å². The molecule has 1 saturated carbocycles. The molecule has 174 valence electrons. The van der Waals surface area contributed by atoms with Gasteiger partial charge in [0.15, 0.2) is 11.6 Å². The quantitative estimate of drug-likeness (QED) is 0.498. The smallest absolute Gasteiger partial charge is 0.228 e. The summed E-state index contributed by atoms with van der Waals surface area (Å²) in [6.07, 6.45) is 4.11. The zero-order chi connectivity index (χ0) is 26.5. The molecule has 8 nitrogen and oxygen atoms in total. The molecule has 4 heterocycles. The summed E-state index contributed by atoms with van der Waals surface area (Å²) in [4.78, 5) is 41.0. The van der Waals surface area contributed by atoms with Crippen molar-refractivity contribution in [1.29, 1.82) is 0 Å². The third kappa shape index (κ3) is 3.89. The molecule has 3 aromatic heterocycles. The van der Waals surface area contributed by atoms with Gasteiger partial charge in [-0.2, -0.15) is 0 Å². The van der Waals surface area contributed by atoms with E-state index in [1.165, 1.54) is 6.20 Å². The van der Waals surface area contributed by atoms with Gasteiger partial charge in [-0.25, -0.2) is 9.97 Å². The number of nitrogens with zero attached hydrogens (tertiary/aromatic N) is 4. The highest BCUT2D eigenvalue weighted by Crippen LogP contribution is 2.46. The summed E-state index contributed by atoms with van der Waals surface area (Å²) >= 11 is 0. The fourth-order valence-corrected chi connectivity index (χ4v) is 4.32. The Morgan fingerprint density at radius 2 is 2.09 bits per heavy atom. The summed E-state index contributed by atoms with van der Waals surface area (Å²) in [5.74, 6) is 0.0465. The minimum atomic E-state index is -2.43. The number of hydrogen-bond donors (Lipinski definition) is 2. The molecule has 2 N–H and O–H groups in total. The van der Waals surface area contributed by atoms with Crippen LogP contribution < -0.4 is 15.5 Å². The number of anilines is 4. The van der Waals surface area contributed by atoms with Crippen molar-refractivity contribution in [3.05, 3.63) is 53.5 Å². The maximum Gasteiger partial charge on any atom is 0.228 e. The van der Waals surface area contributed by atoms with Gasteiger partial charge in [0.25, 0.3) is 0 Å². The van der Waals surface area contributed by atoms with Crippen LogP contribution in [0.3, 0.4) is 0 Å². The third-order valence-electron chi connectivity index (χ3n) is 6.42. The fourth-order valence-electron chi connectivity index (χ4n) is 4.32. The van der Waals surface area contributed by atoms with Crippen LogP contribution in [0.4, 0.5) is 23.0 Å². The van der Waals surface area contributed by atoms with Crippen LogP contribution in [0.1, 0.15) is 64.8 Å². The number of carbonyl (C=O) groups excluding carboxylic acids is 2. The molecule has 34 heavy (non-hydrogen) atoms. The molecule has 0 radical (unpaired) electrons. The number of aryl methyl sites for hydroxylation is 1. The standard InChI is InChI=1S/C26H28N6O2/c1-5-21(33)19-13-28-22(31-26(34)16-8-9-16)12-20(19)30-25-24-18(11-14(2)29-25)23-17(7-6-10-27-23)15(3)32(24)4/h6-7,10-13,15-16H,5,8-9H2,1-4H3,(H2,28,29,30,31,34)/t15-/m1/s1/i1D3. The van der Waals surface area contributed by atoms with Crippen molar-refractivity contribution in [2.45, 2.75) is 46.0 Å². The summed E-state index contributed by atoms with van der Waals surface area (Å²) in [6, 6.07) is 7.52. The lowest BCUT2D eigenvalue weighted by molar-refractivity contribution is -0.117. The van der Waals surface area contributed by atoms with Crippen molar-refractivity contribution >= 4 is 34.7 Å². The Labute approximate surface area is 203 Å². The molecule has 0 spiro atoms. The largest absolute Gasteiger partial charge is 0.364 e. The number of nitrogens with one attached hydrogen (secondary N) is 2. The predicted molar refractivity (Wildman–Crippen MR) is 133 cm³/mol. The first-order valence-electron chi connectivity index (χ1n) is 12.8. The van der Waals surface area contributed by atoms with Crippen molar-refractivity contribution in [2.75, 3.05) is 22.6 Å². The Hall–Kier alpha value is -3.81. The number of hydrogen-bond acceptors (Lipinski definition) is 7. The van der Waals surface area contributed by atoms with Gasteiger partial charge in [0.2, 0.25) is 5.91 Å². The van der Waals surface area contributed by atoms with E-state index in [0.29, 0.717) is 11.5 Å².